The Morgan fingerprint density at radius 3 is 2.59 bits per heavy atom. The normalized spacial score (nSPS) is 12.0. The van der Waals surface area contributed by atoms with Crippen molar-refractivity contribution in [2.24, 2.45) is 5.73 Å². The highest BCUT2D eigenvalue weighted by Gasteiger charge is 2.15. The molecule has 0 radical (unpaired) electrons. The number of nitrogens with two attached hydrogens (primary N) is 1. The van der Waals surface area contributed by atoms with Gasteiger partial charge in [-0.05, 0) is 43.7 Å². The van der Waals surface area contributed by atoms with Gasteiger partial charge >= 0.3 is 0 Å². The molecule has 0 aliphatic heterocycles. The van der Waals surface area contributed by atoms with Crippen LogP contribution in [0, 0.1) is 12.7 Å². The molecule has 22 heavy (non-hydrogen) atoms. The summed E-state index contributed by atoms with van der Waals surface area (Å²) in [5.74, 6) is 0.864. The van der Waals surface area contributed by atoms with Gasteiger partial charge in [-0.3, -0.25) is 0 Å². The summed E-state index contributed by atoms with van der Waals surface area (Å²) in [6.07, 6.45) is 0.699. The van der Waals surface area contributed by atoms with E-state index in [1.807, 2.05) is 19.1 Å². The zero-order chi connectivity index (χ0) is 15.9. The summed E-state index contributed by atoms with van der Waals surface area (Å²) in [5, 5.41) is 0. The highest BCUT2D eigenvalue weighted by atomic mass is 19.1. The van der Waals surface area contributed by atoms with Crippen LogP contribution in [0.5, 0.6) is 11.5 Å². The van der Waals surface area contributed by atoms with Crippen molar-refractivity contribution in [3.05, 3.63) is 59.4 Å². The van der Waals surface area contributed by atoms with E-state index in [-0.39, 0.29) is 17.5 Å². The Morgan fingerprint density at radius 2 is 1.91 bits per heavy atom. The Bertz CT molecular complexity index is 616. The number of methoxy groups -OCH3 is 1. The van der Waals surface area contributed by atoms with Gasteiger partial charge in [0.15, 0.2) is 11.6 Å². The van der Waals surface area contributed by atoms with Crippen LogP contribution >= 0.6 is 0 Å². The minimum absolute atomic E-state index is 0.113. The van der Waals surface area contributed by atoms with Gasteiger partial charge in [0, 0.05) is 5.92 Å². The number of halogens is 1. The van der Waals surface area contributed by atoms with Crippen LogP contribution in [0.15, 0.2) is 42.5 Å². The van der Waals surface area contributed by atoms with Crippen LogP contribution in [0.1, 0.15) is 23.5 Å². The van der Waals surface area contributed by atoms with E-state index in [4.69, 9.17) is 15.2 Å². The minimum atomic E-state index is -0.347. The lowest BCUT2D eigenvalue weighted by atomic mass is 9.94. The molecule has 0 amide bonds. The molecule has 3 nitrogen and oxygen atoms in total. The SMILES string of the molecule is COc1ccc(C)cc1C(CN)CCOc1ccccc1F. The molecule has 2 aromatic carbocycles. The molecular weight excluding hydrogens is 281 g/mol. The topological polar surface area (TPSA) is 44.5 Å². The van der Waals surface area contributed by atoms with Crippen molar-refractivity contribution in [2.75, 3.05) is 20.3 Å². The molecule has 0 aromatic heterocycles. The van der Waals surface area contributed by atoms with E-state index in [1.165, 1.54) is 6.07 Å². The minimum Gasteiger partial charge on any atom is -0.496 e. The van der Waals surface area contributed by atoms with Crippen molar-refractivity contribution in [3.8, 4) is 11.5 Å². The first-order chi connectivity index (χ1) is 10.7. The molecule has 0 aliphatic carbocycles. The van der Waals surface area contributed by atoms with Gasteiger partial charge < -0.3 is 15.2 Å². The van der Waals surface area contributed by atoms with Gasteiger partial charge in [0.05, 0.1) is 13.7 Å². The maximum absolute atomic E-state index is 13.5. The molecule has 0 spiro atoms. The zero-order valence-electron chi connectivity index (χ0n) is 13.0. The van der Waals surface area contributed by atoms with Gasteiger partial charge in [-0.15, -0.1) is 0 Å². The van der Waals surface area contributed by atoms with Crippen molar-refractivity contribution in [2.45, 2.75) is 19.3 Å². The predicted octanol–water partition coefficient (Wildman–Crippen LogP) is 3.65. The average Bonchev–Trinajstić information content (AvgIpc) is 2.53. The number of hydrogen-bond donors (Lipinski definition) is 1. The molecule has 0 saturated carbocycles. The van der Waals surface area contributed by atoms with E-state index in [1.54, 1.807) is 25.3 Å². The van der Waals surface area contributed by atoms with E-state index in [0.717, 1.165) is 16.9 Å². The summed E-state index contributed by atoms with van der Waals surface area (Å²) in [4.78, 5) is 0. The molecule has 0 bridgehead atoms. The molecule has 0 saturated heterocycles. The second-order valence-electron chi connectivity index (χ2n) is 5.25. The molecule has 4 heteroatoms. The van der Waals surface area contributed by atoms with E-state index in [2.05, 4.69) is 6.07 Å². The zero-order valence-corrected chi connectivity index (χ0v) is 13.0. The molecule has 2 aromatic rings. The number of ether oxygens (including phenoxy) is 2. The summed E-state index contributed by atoms with van der Waals surface area (Å²) in [7, 11) is 1.65. The van der Waals surface area contributed by atoms with Crippen molar-refractivity contribution in [1.29, 1.82) is 0 Å². The van der Waals surface area contributed by atoms with Crippen LogP contribution in [0.3, 0.4) is 0 Å². The van der Waals surface area contributed by atoms with E-state index in [9.17, 15) is 4.39 Å². The Labute approximate surface area is 130 Å². The molecule has 1 unspecified atom stereocenters. The highest BCUT2D eigenvalue weighted by molar-refractivity contribution is 5.39. The van der Waals surface area contributed by atoms with Gasteiger partial charge in [-0.2, -0.15) is 0 Å². The average molecular weight is 303 g/mol. The van der Waals surface area contributed by atoms with Crippen LogP contribution in [0.2, 0.25) is 0 Å². The molecule has 0 fully saturated rings. The smallest absolute Gasteiger partial charge is 0.165 e. The summed E-state index contributed by atoms with van der Waals surface area (Å²) in [6.45, 7) is 2.92. The molecule has 0 aliphatic rings. The summed E-state index contributed by atoms with van der Waals surface area (Å²) >= 11 is 0. The summed E-state index contributed by atoms with van der Waals surface area (Å²) in [5.41, 5.74) is 8.13. The van der Waals surface area contributed by atoms with Crippen LogP contribution in [0.4, 0.5) is 4.39 Å². The van der Waals surface area contributed by atoms with Crippen molar-refractivity contribution in [1.82, 2.24) is 0 Å². The first kappa shape index (κ1) is 16.3. The number of rotatable bonds is 7. The van der Waals surface area contributed by atoms with Gasteiger partial charge in [0.1, 0.15) is 5.75 Å². The van der Waals surface area contributed by atoms with E-state index in [0.29, 0.717) is 19.6 Å². The van der Waals surface area contributed by atoms with Gasteiger partial charge in [-0.1, -0.05) is 29.8 Å². The Balaban J connectivity index is 2.04. The molecule has 118 valence electrons. The standard InChI is InChI=1S/C18H22FNO2/c1-13-7-8-17(21-2)15(11-13)14(12-20)9-10-22-18-6-4-3-5-16(18)19/h3-8,11,14H,9-10,12,20H2,1-2H3. The van der Waals surface area contributed by atoms with Crippen molar-refractivity contribution < 1.29 is 13.9 Å². The molecule has 1 atom stereocenters. The Hall–Kier alpha value is -2.07. The number of benzene rings is 2. The highest BCUT2D eigenvalue weighted by Crippen LogP contribution is 2.29. The fourth-order valence-electron chi connectivity index (χ4n) is 2.45. The largest absolute Gasteiger partial charge is 0.496 e. The van der Waals surface area contributed by atoms with Gasteiger partial charge in [-0.25, -0.2) is 4.39 Å². The first-order valence-electron chi connectivity index (χ1n) is 7.37. The Morgan fingerprint density at radius 1 is 1.14 bits per heavy atom. The van der Waals surface area contributed by atoms with Crippen LogP contribution in [0.25, 0.3) is 0 Å². The fourth-order valence-corrected chi connectivity index (χ4v) is 2.45. The van der Waals surface area contributed by atoms with Crippen molar-refractivity contribution in [3.63, 3.8) is 0 Å². The lowest BCUT2D eigenvalue weighted by Gasteiger charge is -2.19. The van der Waals surface area contributed by atoms with Gasteiger partial charge in [0.2, 0.25) is 0 Å². The maximum Gasteiger partial charge on any atom is 0.165 e. The second kappa shape index (κ2) is 7.80. The molecular formula is C18H22FNO2. The number of para-hydroxylation sites is 1. The van der Waals surface area contributed by atoms with Gasteiger partial charge in [0.25, 0.3) is 0 Å². The van der Waals surface area contributed by atoms with Crippen molar-refractivity contribution >= 4 is 0 Å². The quantitative estimate of drug-likeness (QED) is 0.849. The molecule has 2 rings (SSSR count). The third-order valence-corrected chi connectivity index (χ3v) is 3.67. The first-order valence-corrected chi connectivity index (χ1v) is 7.37. The number of aryl methyl sites for hydroxylation is 1. The molecule has 0 heterocycles. The van der Waals surface area contributed by atoms with E-state index >= 15 is 0 Å². The predicted molar refractivity (Wildman–Crippen MR) is 86.0 cm³/mol. The number of hydrogen-bond acceptors (Lipinski definition) is 3. The monoisotopic (exact) mass is 303 g/mol. The Kier molecular flexibility index (Phi) is 5.78. The van der Waals surface area contributed by atoms with Crippen LogP contribution in [-0.2, 0) is 0 Å². The van der Waals surface area contributed by atoms with Crippen LogP contribution in [-0.4, -0.2) is 20.3 Å². The maximum atomic E-state index is 13.5. The third-order valence-electron chi connectivity index (χ3n) is 3.67. The lowest BCUT2D eigenvalue weighted by Crippen LogP contribution is -2.16. The fraction of sp³-hybridized carbons (Fsp3) is 0.333. The lowest BCUT2D eigenvalue weighted by molar-refractivity contribution is 0.283. The summed E-state index contributed by atoms with van der Waals surface area (Å²) < 4.78 is 24.5. The second-order valence-corrected chi connectivity index (χ2v) is 5.25. The third kappa shape index (κ3) is 3.98. The van der Waals surface area contributed by atoms with E-state index < -0.39 is 0 Å². The molecule has 2 N–H and O–H groups in total. The van der Waals surface area contributed by atoms with Crippen LogP contribution < -0.4 is 15.2 Å². The summed E-state index contributed by atoms with van der Waals surface area (Å²) in [6, 6.07) is 12.4.